The van der Waals surface area contributed by atoms with Crippen LogP contribution >= 0.6 is 23.1 Å². The first-order chi connectivity index (χ1) is 10.7. The van der Waals surface area contributed by atoms with Crippen molar-refractivity contribution >= 4 is 34.1 Å². The Morgan fingerprint density at radius 1 is 1.32 bits per heavy atom. The highest BCUT2D eigenvalue weighted by Crippen LogP contribution is 2.21. The van der Waals surface area contributed by atoms with E-state index in [0.717, 1.165) is 5.69 Å². The van der Waals surface area contributed by atoms with Gasteiger partial charge in [0.25, 0.3) is 0 Å². The van der Waals surface area contributed by atoms with E-state index in [4.69, 9.17) is 0 Å². The van der Waals surface area contributed by atoms with Crippen LogP contribution in [-0.2, 0) is 4.79 Å². The monoisotopic (exact) mass is 331 g/mol. The molecule has 0 fully saturated rings. The standard InChI is InChI=1S/C14H13N5OS2/c1-10(12(20)17-13-15-7-8-21-13)22-14-16-9-19(18-14)11-5-3-2-4-6-11/h2-10H,1H3,(H,15,17,20)/t10-/m0/s1. The van der Waals surface area contributed by atoms with Crippen LogP contribution in [0.2, 0.25) is 0 Å². The van der Waals surface area contributed by atoms with Crippen LogP contribution in [0.1, 0.15) is 6.92 Å². The van der Waals surface area contributed by atoms with Crippen LogP contribution in [0, 0.1) is 0 Å². The molecule has 0 saturated carbocycles. The van der Waals surface area contributed by atoms with Crippen LogP contribution in [0.25, 0.3) is 5.69 Å². The van der Waals surface area contributed by atoms with E-state index in [9.17, 15) is 4.79 Å². The molecule has 1 amide bonds. The predicted molar refractivity (Wildman–Crippen MR) is 87.4 cm³/mol. The van der Waals surface area contributed by atoms with Gasteiger partial charge in [-0.25, -0.2) is 14.6 Å². The van der Waals surface area contributed by atoms with E-state index in [1.54, 1.807) is 17.2 Å². The fourth-order valence-electron chi connectivity index (χ4n) is 1.71. The van der Waals surface area contributed by atoms with Gasteiger partial charge in [0.15, 0.2) is 5.13 Å². The second kappa shape index (κ2) is 6.71. The Bertz CT molecular complexity index is 742. The van der Waals surface area contributed by atoms with E-state index < -0.39 is 0 Å². The fourth-order valence-corrected chi connectivity index (χ4v) is 2.97. The molecular weight excluding hydrogens is 318 g/mol. The number of benzene rings is 1. The summed E-state index contributed by atoms with van der Waals surface area (Å²) in [5.74, 6) is -0.115. The molecule has 0 bridgehead atoms. The quantitative estimate of drug-likeness (QED) is 0.728. The highest BCUT2D eigenvalue weighted by Gasteiger charge is 2.17. The van der Waals surface area contributed by atoms with Crippen molar-refractivity contribution in [3.8, 4) is 5.69 Å². The third-order valence-corrected chi connectivity index (χ3v) is 4.46. The average molecular weight is 331 g/mol. The molecule has 3 aromatic rings. The normalized spacial score (nSPS) is 12.0. The molecule has 0 aliphatic carbocycles. The van der Waals surface area contributed by atoms with Crippen molar-refractivity contribution in [3.63, 3.8) is 0 Å². The number of carbonyl (C=O) groups excluding carboxylic acids is 1. The summed E-state index contributed by atoms with van der Waals surface area (Å²) in [6.07, 6.45) is 3.30. The van der Waals surface area contributed by atoms with Crippen molar-refractivity contribution < 1.29 is 4.79 Å². The molecule has 0 saturated heterocycles. The molecule has 0 aliphatic rings. The van der Waals surface area contributed by atoms with Crippen molar-refractivity contribution in [1.29, 1.82) is 0 Å². The second-order valence-corrected chi connectivity index (χ2v) is 6.60. The number of hydrogen-bond acceptors (Lipinski definition) is 6. The van der Waals surface area contributed by atoms with Crippen molar-refractivity contribution in [2.45, 2.75) is 17.3 Å². The molecule has 112 valence electrons. The van der Waals surface area contributed by atoms with Gasteiger partial charge in [-0.05, 0) is 19.1 Å². The molecule has 8 heteroatoms. The fraction of sp³-hybridized carbons (Fsp3) is 0.143. The lowest BCUT2D eigenvalue weighted by Crippen LogP contribution is -2.22. The number of hydrogen-bond donors (Lipinski definition) is 1. The van der Waals surface area contributed by atoms with E-state index >= 15 is 0 Å². The number of amides is 1. The minimum absolute atomic E-state index is 0.115. The second-order valence-electron chi connectivity index (χ2n) is 4.39. The Morgan fingerprint density at radius 3 is 2.86 bits per heavy atom. The first-order valence-electron chi connectivity index (χ1n) is 6.56. The Kier molecular flexibility index (Phi) is 4.50. The molecular formula is C14H13N5OS2. The number of nitrogens with zero attached hydrogens (tertiary/aromatic N) is 4. The molecule has 6 nitrogen and oxygen atoms in total. The number of rotatable bonds is 5. The Balaban J connectivity index is 1.63. The maximum Gasteiger partial charge on any atom is 0.239 e. The summed E-state index contributed by atoms with van der Waals surface area (Å²) in [5.41, 5.74) is 0.932. The third-order valence-electron chi connectivity index (χ3n) is 2.81. The molecule has 1 atom stereocenters. The van der Waals surface area contributed by atoms with Gasteiger partial charge in [0, 0.05) is 11.6 Å². The van der Waals surface area contributed by atoms with Crippen LogP contribution in [0.15, 0.2) is 53.4 Å². The number of aromatic nitrogens is 4. The van der Waals surface area contributed by atoms with Crippen LogP contribution in [0.3, 0.4) is 0 Å². The SMILES string of the molecule is C[C@H](Sc1ncn(-c2ccccc2)n1)C(=O)Nc1nccs1. The summed E-state index contributed by atoms with van der Waals surface area (Å²) in [4.78, 5) is 20.3. The zero-order chi connectivity index (χ0) is 15.4. The van der Waals surface area contributed by atoms with Crippen LogP contribution < -0.4 is 5.32 Å². The minimum atomic E-state index is -0.310. The average Bonchev–Trinajstić information content (AvgIpc) is 3.20. The number of thioether (sulfide) groups is 1. The van der Waals surface area contributed by atoms with Crippen LogP contribution in [-0.4, -0.2) is 30.9 Å². The van der Waals surface area contributed by atoms with Gasteiger partial charge in [-0.3, -0.25) is 4.79 Å². The first kappa shape index (κ1) is 14.7. The molecule has 0 radical (unpaired) electrons. The molecule has 2 heterocycles. The Morgan fingerprint density at radius 2 is 2.14 bits per heavy atom. The van der Waals surface area contributed by atoms with Gasteiger partial charge >= 0.3 is 0 Å². The van der Waals surface area contributed by atoms with Crippen molar-refractivity contribution in [2.24, 2.45) is 0 Å². The molecule has 1 N–H and O–H groups in total. The number of thiazole rings is 1. The number of nitrogens with one attached hydrogen (secondary N) is 1. The molecule has 0 unspecified atom stereocenters. The predicted octanol–water partition coefficient (Wildman–Crippen LogP) is 2.84. The molecule has 0 spiro atoms. The summed E-state index contributed by atoms with van der Waals surface area (Å²) in [6, 6.07) is 9.71. The van der Waals surface area contributed by atoms with Gasteiger partial charge in [-0.2, -0.15) is 0 Å². The van der Waals surface area contributed by atoms with Gasteiger partial charge < -0.3 is 5.32 Å². The third kappa shape index (κ3) is 3.52. The molecule has 22 heavy (non-hydrogen) atoms. The van der Waals surface area contributed by atoms with Crippen molar-refractivity contribution in [1.82, 2.24) is 19.7 Å². The van der Waals surface area contributed by atoms with Crippen LogP contribution in [0.4, 0.5) is 5.13 Å². The highest BCUT2D eigenvalue weighted by molar-refractivity contribution is 8.00. The topological polar surface area (TPSA) is 72.7 Å². The summed E-state index contributed by atoms with van der Waals surface area (Å²) in [5, 5.41) is 9.81. The molecule has 0 aliphatic heterocycles. The number of para-hydroxylation sites is 1. The van der Waals surface area contributed by atoms with Gasteiger partial charge in [0.1, 0.15) is 6.33 Å². The van der Waals surface area contributed by atoms with Crippen molar-refractivity contribution in [2.75, 3.05) is 5.32 Å². The maximum atomic E-state index is 12.1. The zero-order valence-corrected chi connectivity index (χ0v) is 13.3. The lowest BCUT2D eigenvalue weighted by atomic mass is 10.3. The van der Waals surface area contributed by atoms with Gasteiger partial charge in [-0.1, -0.05) is 30.0 Å². The Hall–Kier alpha value is -2.19. The van der Waals surface area contributed by atoms with Gasteiger partial charge in [-0.15, -0.1) is 16.4 Å². The maximum absolute atomic E-state index is 12.1. The van der Waals surface area contributed by atoms with Gasteiger partial charge in [0.05, 0.1) is 10.9 Å². The highest BCUT2D eigenvalue weighted by atomic mass is 32.2. The molecule has 1 aromatic carbocycles. The van der Waals surface area contributed by atoms with Crippen LogP contribution in [0.5, 0.6) is 0 Å². The lowest BCUT2D eigenvalue weighted by Gasteiger charge is -2.07. The van der Waals surface area contributed by atoms with Gasteiger partial charge in [0.2, 0.25) is 11.1 Å². The smallest absolute Gasteiger partial charge is 0.239 e. The minimum Gasteiger partial charge on any atom is -0.301 e. The molecule has 3 rings (SSSR count). The van der Waals surface area contributed by atoms with E-state index in [1.165, 1.54) is 23.1 Å². The summed E-state index contributed by atoms with van der Waals surface area (Å²) >= 11 is 2.70. The first-order valence-corrected chi connectivity index (χ1v) is 8.32. The van der Waals surface area contributed by atoms with E-state index in [2.05, 4.69) is 20.4 Å². The number of anilines is 1. The summed E-state index contributed by atoms with van der Waals surface area (Å²) in [6.45, 7) is 1.82. The van der Waals surface area contributed by atoms with E-state index in [1.807, 2.05) is 42.6 Å². The summed E-state index contributed by atoms with van der Waals surface area (Å²) < 4.78 is 1.69. The largest absolute Gasteiger partial charge is 0.301 e. The number of carbonyl (C=O) groups is 1. The van der Waals surface area contributed by atoms with E-state index in [0.29, 0.717) is 10.3 Å². The van der Waals surface area contributed by atoms with E-state index in [-0.39, 0.29) is 11.2 Å². The molecule has 2 aromatic heterocycles. The van der Waals surface area contributed by atoms with Crippen molar-refractivity contribution in [3.05, 3.63) is 48.2 Å². The lowest BCUT2D eigenvalue weighted by molar-refractivity contribution is -0.115. The summed E-state index contributed by atoms with van der Waals surface area (Å²) in [7, 11) is 0. The Labute approximate surface area is 135 Å². The zero-order valence-electron chi connectivity index (χ0n) is 11.7.